The number of aromatic carboxylic acids is 1. The number of hydrogen-bond donors (Lipinski definition) is 1. The van der Waals surface area contributed by atoms with Crippen LogP contribution in [0.15, 0.2) is 29.1 Å². The summed E-state index contributed by atoms with van der Waals surface area (Å²) in [5.41, 5.74) is 1.00. The third kappa shape index (κ3) is 3.12. The molecule has 0 atom stereocenters. The first-order chi connectivity index (χ1) is 9.81. The summed E-state index contributed by atoms with van der Waals surface area (Å²) >= 11 is 12.0. The van der Waals surface area contributed by atoms with Crippen molar-refractivity contribution in [3.63, 3.8) is 0 Å². The molecule has 21 heavy (non-hydrogen) atoms. The molecule has 4 nitrogen and oxygen atoms in total. The Labute approximate surface area is 131 Å². The molecule has 0 unspecified atom stereocenters. The van der Waals surface area contributed by atoms with E-state index in [1.807, 2.05) is 0 Å². The molecule has 1 aromatic carbocycles. The van der Waals surface area contributed by atoms with Crippen LogP contribution >= 0.6 is 23.2 Å². The van der Waals surface area contributed by atoms with Gasteiger partial charge in [-0.15, -0.1) is 0 Å². The van der Waals surface area contributed by atoms with Crippen LogP contribution in [0.4, 0.5) is 0 Å². The largest absolute Gasteiger partial charge is 0.477 e. The summed E-state index contributed by atoms with van der Waals surface area (Å²) < 4.78 is 1.38. The Morgan fingerprint density at radius 3 is 2.52 bits per heavy atom. The molecule has 0 amide bonds. The fraction of sp³-hybridized carbons (Fsp3) is 0.200. The van der Waals surface area contributed by atoms with Gasteiger partial charge in [-0.2, -0.15) is 0 Å². The Kier molecular flexibility index (Phi) is 4.40. The number of nitrogens with zero attached hydrogens (tertiary/aromatic N) is 1. The minimum Gasteiger partial charge on any atom is -0.477 e. The van der Waals surface area contributed by atoms with Crippen LogP contribution in [0.5, 0.6) is 0 Å². The average molecular weight is 326 g/mol. The summed E-state index contributed by atoms with van der Waals surface area (Å²) in [7, 11) is 0. The first-order valence-electron chi connectivity index (χ1n) is 6.19. The fourth-order valence-electron chi connectivity index (χ4n) is 2.22. The molecular formula is C15H13Cl2NO3. The van der Waals surface area contributed by atoms with Gasteiger partial charge in [-0.3, -0.25) is 4.79 Å². The van der Waals surface area contributed by atoms with E-state index >= 15 is 0 Å². The zero-order valence-electron chi connectivity index (χ0n) is 11.5. The number of halogens is 2. The maximum absolute atomic E-state index is 12.4. The lowest BCUT2D eigenvalue weighted by molar-refractivity contribution is 0.0693. The Morgan fingerprint density at radius 2 is 1.90 bits per heavy atom. The summed E-state index contributed by atoms with van der Waals surface area (Å²) in [6.45, 7) is 3.53. The number of hydrogen-bond acceptors (Lipinski definition) is 2. The van der Waals surface area contributed by atoms with Gasteiger partial charge < -0.3 is 9.67 Å². The predicted octanol–water partition coefficient (Wildman–Crippen LogP) is 3.52. The predicted molar refractivity (Wildman–Crippen MR) is 82.7 cm³/mol. The Morgan fingerprint density at radius 1 is 1.24 bits per heavy atom. The second kappa shape index (κ2) is 5.92. The smallest absolute Gasteiger partial charge is 0.341 e. The van der Waals surface area contributed by atoms with E-state index in [2.05, 4.69) is 0 Å². The molecule has 0 radical (unpaired) electrons. The minimum absolute atomic E-state index is 0.171. The van der Waals surface area contributed by atoms with Crippen LogP contribution in [0.2, 0.25) is 10.0 Å². The van der Waals surface area contributed by atoms with Gasteiger partial charge in [-0.1, -0.05) is 23.2 Å². The van der Waals surface area contributed by atoms with Gasteiger partial charge in [-0.25, -0.2) is 4.79 Å². The lowest BCUT2D eigenvalue weighted by atomic mass is 10.1. The Hall–Kier alpha value is -1.78. The fourth-order valence-corrected chi connectivity index (χ4v) is 2.59. The maximum Gasteiger partial charge on any atom is 0.341 e. The number of benzene rings is 1. The van der Waals surface area contributed by atoms with E-state index in [0.29, 0.717) is 26.9 Å². The second-order valence-corrected chi connectivity index (χ2v) is 5.62. The second-order valence-electron chi connectivity index (χ2n) is 4.78. The summed E-state index contributed by atoms with van der Waals surface area (Å²) in [4.78, 5) is 23.6. The summed E-state index contributed by atoms with van der Waals surface area (Å²) in [6.07, 6.45) is 0. The van der Waals surface area contributed by atoms with Gasteiger partial charge in [0.05, 0.1) is 6.54 Å². The van der Waals surface area contributed by atoms with Gasteiger partial charge in [0.1, 0.15) is 5.56 Å². The van der Waals surface area contributed by atoms with Crippen molar-refractivity contribution in [2.75, 3.05) is 0 Å². The number of carboxylic acid groups (broad SMARTS) is 1. The first-order valence-corrected chi connectivity index (χ1v) is 6.95. The number of pyridine rings is 1. The number of aromatic nitrogens is 1. The van der Waals surface area contributed by atoms with E-state index in [0.717, 1.165) is 0 Å². The number of rotatable bonds is 3. The molecule has 1 aromatic heterocycles. The summed E-state index contributed by atoms with van der Waals surface area (Å²) in [5.74, 6) is -1.23. The van der Waals surface area contributed by atoms with Crippen LogP contribution in [0, 0.1) is 13.8 Å². The number of carbonyl (C=O) groups is 1. The summed E-state index contributed by atoms with van der Waals surface area (Å²) in [6, 6.07) is 6.63. The topological polar surface area (TPSA) is 59.3 Å². The van der Waals surface area contributed by atoms with Crippen molar-refractivity contribution in [3.8, 4) is 0 Å². The average Bonchev–Trinajstić information content (AvgIpc) is 2.37. The molecule has 1 N–H and O–H groups in total. The van der Waals surface area contributed by atoms with Crippen molar-refractivity contribution in [1.29, 1.82) is 0 Å². The third-order valence-corrected chi connectivity index (χ3v) is 3.86. The normalized spacial score (nSPS) is 10.7. The van der Waals surface area contributed by atoms with Crippen molar-refractivity contribution in [3.05, 3.63) is 67.0 Å². The van der Waals surface area contributed by atoms with Gasteiger partial charge in [0.2, 0.25) is 0 Å². The highest BCUT2D eigenvalue weighted by Crippen LogP contribution is 2.21. The van der Waals surface area contributed by atoms with Crippen molar-refractivity contribution in [1.82, 2.24) is 4.57 Å². The van der Waals surface area contributed by atoms with E-state index in [-0.39, 0.29) is 12.1 Å². The van der Waals surface area contributed by atoms with Crippen molar-refractivity contribution < 1.29 is 9.90 Å². The van der Waals surface area contributed by atoms with E-state index in [9.17, 15) is 9.59 Å². The molecule has 2 rings (SSSR count). The van der Waals surface area contributed by atoms with Crippen molar-refractivity contribution >= 4 is 29.2 Å². The molecule has 0 aliphatic heterocycles. The molecule has 0 spiro atoms. The number of aryl methyl sites for hydroxylation is 2. The SMILES string of the molecule is Cc1cc(C)n(Cc2cc(Cl)ccc2Cl)c(=O)c1C(=O)O. The van der Waals surface area contributed by atoms with Crippen LogP contribution in [0.3, 0.4) is 0 Å². The van der Waals surface area contributed by atoms with Crippen LogP contribution in [0.25, 0.3) is 0 Å². The summed E-state index contributed by atoms with van der Waals surface area (Å²) in [5, 5.41) is 10.1. The zero-order valence-corrected chi connectivity index (χ0v) is 13.0. The van der Waals surface area contributed by atoms with Gasteiger partial charge in [0.25, 0.3) is 5.56 Å². The third-order valence-electron chi connectivity index (χ3n) is 3.25. The minimum atomic E-state index is -1.23. The van der Waals surface area contributed by atoms with Crippen LogP contribution in [-0.2, 0) is 6.54 Å². The van der Waals surface area contributed by atoms with Crippen LogP contribution < -0.4 is 5.56 Å². The van der Waals surface area contributed by atoms with Crippen LogP contribution in [0.1, 0.15) is 27.2 Å². The van der Waals surface area contributed by atoms with Crippen molar-refractivity contribution in [2.24, 2.45) is 0 Å². The van der Waals surface area contributed by atoms with E-state index in [1.165, 1.54) is 4.57 Å². The molecule has 0 fully saturated rings. The lowest BCUT2D eigenvalue weighted by Gasteiger charge is -2.14. The van der Waals surface area contributed by atoms with Crippen molar-refractivity contribution in [2.45, 2.75) is 20.4 Å². The Balaban J connectivity index is 2.60. The van der Waals surface area contributed by atoms with Gasteiger partial charge in [-0.05, 0) is 49.2 Å². The highest BCUT2D eigenvalue weighted by atomic mass is 35.5. The van der Waals surface area contributed by atoms with E-state index < -0.39 is 11.5 Å². The molecular weight excluding hydrogens is 313 g/mol. The lowest BCUT2D eigenvalue weighted by Crippen LogP contribution is -2.29. The highest BCUT2D eigenvalue weighted by molar-refractivity contribution is 6.33. The molecule has 6 heteroatoms. The van der Waals surface area contributed by atoms with E-state index in [4.69, 9.17) is 28.3 Å². The Bertz CT molecular complexity index is 781. The molecule has 0 aliphatic carbocycles. The van der Waals surface area contributed by atoms with Gasteiger partial charge in [0.15, 0.2) is 0 Å². The monoisotopic (exact) mass is 325 g/mol. The highest BCUT2D eigenvalue weighted by Gasteiger charge is 2.17. The van der Waals surface area contributed by atoms with E-state index in [1.54, 1.807) is 38.1 Å². The standard InChI is InChI=1S/C15H13Cl2NO3/c1-8-5-9(2)18(14(19)13(8)15(20)21)7-10-6-11(16)3-4-12(10)17/h3-6H,7H2,1-2H3,(H,20,21). The zero-order chi connectivity index (χ0) is 15.7. The maximum atomic E-state index is 12.4. The molecule has 110 valence electrons. The quantitative estimate of drug-likeness (QED) is 0.939. The molecule has 0 bridgehead atoms. The van der Waals surface area contributed by atoms with Gasteiger partial charge in [0, 0.05) is 15.7 Å². The van der Waals surface area contributed by atoms with Gasteiger partial charge >= 0.3 is 5.97 Å². The molecule has 0 saturated heterocycles. The van der Waals surface area contributed by atoms with Crippen LogP contribution in [-0.4, -0.2) is 15.6 Å². The molecule has 0 aliphatic rings. The molecule has 0 saturated carbocycles. The molecule has 2 aromatic rings. The molecule has 1 heterocycles. The number of carboxylic acids is 1. The first kappa shape index (κ1) is 15.6.